The van der Waals surface area contributed by atoms with E-state index in [9.17, 15) is 9.59 Å². The van der Waals surface area contributed by atoms with Crippen LogP contribution in [0.3, 0.4) is 0 Å². The Kier molecular flexibility index (Phi) is 6.79. The van der Waals surface area contributed by atoms with E-state index in [2.05, 4.69) is 20.5 Å². The summed E-state index contributed by atoms with van der Waals surface area (Å²) in [5.74, 6) is 0.420. The molecule has 27 heavy (non-hydrogen) atoms. The normalized spacial score (nSPS) is 15.3. The monoisotopic (exact) mass is 386 g/mol. The van der Waals surface area contributed by atoms with Crippen LogP contribution in [0.4, 0.5) is 5.82 Å². The lowest BCUT2D eigenvalue weighted by Gasteiger charge is -2.30. The maximum absolute atomic E-state index is 12.4. The Bertz CT molecular complexity index is 759. The second kappa shape index (κ2) is 9.48. The van der Waals surface area contributed by atoms with Gasteiger partial charge in [0.15, 0.2) is 0 Å². The summed E-state index contributed by atoms with van der Waals surface area (Å²) in [6, 6.07) is 13.2. The first-order chi connectivity index (χ1) is 13.1. The standard InChI is InChI=1S/C20H23ClN4O2/c21-17-6-7-18(22-13-17)24-20(27)16-8-10-25(11-9-16)14-19(26)23-12-15-4-2-1-3-5-15/h1-7,13,16H,8-12,14H2,(H,23,26)(H,22,24,27). The number of pyridine rings is 1. The number of nitrogens with zero attached hydrogens (tertiary/aromatic N) is 2. The van der Waals surface area contributed by atoms with E-state index in [4.69, 9.17) is 11.6 Å². The lowest BCUT2D eigenvalue weighted by Crippen LogP contribution is -2.43. The molecule has 0 bridgehead atoms. The van der Waals surface area contributed by atoms with Gasteiger partial charge in [-0.1, -0.05) is 41.9 Å². The summed E-state index contributed by atoms with van der Waals surface area (Å²) < 4.78 is 0. The molecule has 1 aliphatic heterocycles. The van der Waals surface area contributed by atoms with Crippen LogP contribution in [0.1, 0.15) is 18.4 Å². The molecule has 0 saturated carbocycles. The summed E-state index contributed by atoms with van der Waals surface area (Å²) in [7, 11) is 0. The Morgan fingerprint density at radius 3 is 2.52 bits per heavy atom. The molecule has 3 rings (SSSR count). The van der Waals surface area contributed by atoms with E-state index in [1.807, 2.05) is 30.3 Å². The van der Waals surface area contributed by atoms with Crippen molar-refractivity contribution in [2.75, 3.05) is 25.0 Å². The fraction of sp³-hybridized carbons (Fsp3) is 0.350. The molecule has 0 unspecified atom stereocenters. The molecule has 2 heterocycles. The van der Waals surface area contributed by atoms with Gasteiger partial charge in [0, 0.05) is 18.7 Å². The van der Waals surface area contributed by atoms with Crippen LogP contribution in [0.5, 0.6) is 0 Å². The van der Waals surface area contributed by atoms with E-state index in [1.54, 1.807) is 12.1 Å². The molecule has 7 heteroatoms. The number of piperidine rings is 1. The minimum atomic E-state index is -0.0638. The van der Waals surface area contributed by atoms with Crippen LogP contribution in [0.25, 0.3) is 0 Å². The summed E-state index contributed by atoms with van der Waals surface area (Å²) in [5, 5.41) is 6.30. The van der Waals surface area contributed by atoms with Gasteiger partial charge in [-0.3, -0.25) is 14.5 Å². The number of aromatic nitrogens is 1. The highest BCUT2D eigenvalue weighted by Crippen LogP contribution is 2.19. The molecule has 0 aliphatic carbocycles. The Hall–Kier alpha value is -2.44. The maximum Gasteiger partial charge on any atom is 0.234 e. The first-order valence-electron chi connectivity index (χ1n) is 9.05. The van der Waals surface area contributed by atoms with E-state index in [0.717, 1.165) is 31.5 Å². The number of anilines is 1. The molecule has 142 valence electrons. The van der Waals surface area contributed by atoms with Gasteiger partial charge >= 0.3 is 0 Å². The molecule has 2 N–H and O–H groups in total. The third-order valence-corrected chi connectivity index (χ3v) is 4.86. The number of nitrogens with one attached hydrogen (secondary N) is 2. The molecule has 1 aromatic heterocycles. The summed E-state index contributed by atoms with van der Waals surface area (Å²) in [6.45, 7) is 2.35. The number of carbonyl (C=O) groups excluding carboxylic acids is 2. The summed E-state index contributed by atoms with van der Waals surface area (Å²) in [4.78, 5) is 30.6. The topological polar surface area (TPSA) is 74.3 Å². The number of likely N-dealkylation sites (tertiary alicyclic amines) is 1. The quantitative estimate of drug-likeness (QED) is 0.800. The van der Waals surface area contributed by atoms with Crippen LogP contribution in [0, 0.1) is 5.92 Å². The number of halogens is 1. The van der Waals surface area contributed by atoms with Gasteiger partial charge in [-0.05, 0) is 43.6 Å². The first kappa shape index (κ1) is 19.3. The average molecular weight is 387 g/mol. The molecule has 0 spiro atoms. The Balaban J connectivity index is 1.38. The van der Waals surface area contributed by atoms with Crippen molar-refractivity contribution in [3.63, 3.8) is 0 Å². The Labute approximate surface area is 163 Å². The number of hydrogen-bond acceptors (Lipinski definition) is 4. The summed E-state index contributed by atoms with van der Waals surface area (Å²) in [5.41, 5.74) is 1.08. The lowest BCUT2D eigenvalue weighted by molar-refractivity contribution is -0.123. The van der Waals surface area contributed by atoms with Crippen molar-refractivity contribution in [1.29, 1.82) is 0 Å². The van der Waals surface area contributed by atoms with Crippen molar-refractivity contribution >= 4 is 29.2 Å². The van der Waals surface area contributed by atoms with Crippen LogP contribution in [0.2, 0.25) is 5.02 Å². The third-order valence-electron chi connectivity index (χ3n) is 4.64. The molecule has 0 radical (unpaired) electrons. The second-order valence-corrected chi connectivity index (χ2v) is 7.10. The largest absolute Gasteiger partial charge is 0.351 e. The van der Waals surface area contributed by atoms with Crippen molar-refractivity contribution in [3.8, 4) is 0 Å². The predicted octanol–water partition coefficient (Wildman–Crippen LogP) is 2.70. The zero-order chi connectivity index (χ0) is 19.1. The van der Waals surface area contributed by atoms with Crippen LogP contribution in [0.15, 0.2) is 48.7 Å². The van der Waals surface area contributed by atoms with Gasteiger partial charge in [-0.25, -0.2) is 4.98 Å². The number of rotatable bonds is 6. The molecular formula is C20H23ClN4O2. The van der Waals surface area contributed by atoms with E-state index in [-0.39, 0.29) is 17.7 Å². The summed E-state index contributed by atoms with van der Waals surface area (Å²) >= 11 is 5.80. The Morgan fingerprint density at radius 2 is 1.85 bits per heavy atom. The maximum atomic E-state index is 12.4. The zero-order valence-electron chi connectivity index (χ0n) is 15.0. The van der Waals surface area contributed by atoms with Gasteiger partial charge in [-0.15, -0.1) is 0 Å². The summed E-state index contributed by atoms with van der Waals surface area (Å²) in [6.07, 6.45) is 2.96. The van der Waals surface area contributed by atoms with E-state index in [0.29, 0.717) is 23.9 Å². The average Bonchev–Trinajstić information content (AvgIpc) is 2.69. The molecular weight excluding hydrogens is 364 g/mol. The van der Waals surface area contributed by atoms with Crippen LogP contribution in [-0.4, -0.2) is 41.3 Å². The van der Waals surface area contributed by atoms with Gasteiger partial charge in [-0.2, -0.15) is 0 Å². The highest BCUT2D eigenvalue weighted by Gasteiger charge is 2.26. The number of benzene rings is 1. The zero-order valence-corrected chi connectivity index (χ0v) is 15.8. The minimum absolute atomic E-state index is 0.00659. The molecule has 1 aliphatic rings. The van der Waals surface area contributed by atoms with Crippen molar-refractivity contribution in [3.05, 3.63) is 59.2 Å². The van der Waals surface area contributed by atoms with Gasteiger partial charge in [0.1, 0.15) is 5.82 Å². The highest BCUT2D eigenvalue weighted by molar-refractivity contribution is 6.30. The van der Waals surface area contributed by atoms with Crippen molar-refractivity contribution < 1.29 is 9.59 Å². The van der Waals surface area contributed by atoms with Gasteiger partial charge in [0.25, 0.3) is 0 Å². The molecule has 1 fully saturated rings. The van der Waals surface area contributed by atoms with Crippen LogP contribution < -0.4 is 10.6 Å². The minimum Gasteiger partial charge on any atom is -0.351 e. The fourth-order valence-corrected chi connectivity index (χ4v) is 3.20. The van der Waals surface area contributed by atoms with Crippen LogP contribution in [-0.2, 0) is 16.1 Å². The molecule has 0 atom stereocenters. The molecule has 1 aromatic carbocycles. The van der Waals surface area contributed by atoms with E-state index >= 15 is 0 Å². The van der Waals surface area contributed by atoms with Gasteiger partial charge in [0.2, 0.25) is 11.8 Å². The van der Waals surface area contributed by atoms with E-state index < -0.39 is 0 Å². The molecule has 6 nitrogen and oxygen atoms in total. The Morgan fingerprint density at radius 1 is 1.11 bits per heavy atom. The van der Waals surface area contributed by atoms with Crippen molar-refractivity contribution in [1.82, 2.24) is 15.2 Å². The first-order valence-corrected chi connectivity index (χ1v) is 9.43. The lowest BCUT2D eigenvalue weighted by atomic mass is 9.96. The van der Waals surface area contributed by atoms with Crippen LogP contribution >= 0.6 is 11.6 Å². The third kappa shape index (κ3) is 6.05. The molecule has 2 aromatic rings. The van der Waals surface area contributed by atoms with Crippen molar-refractivity contribution in [2.45, 2.75) is 19.4 Å². The van der Waals surface area contributed by atoms with Crippen molar-refractivity contribution in [2.24, 2.45) is 5.92 Å². The highest BCUT2D eigenvalue weighted by atomic mass is 35.5. The number of amides is 2. The smallest absolute Gasteiger partial charge is 0.234 e. The number of hydrogen-bond donors (Lipinski definition) is 2. The van der Waals surface area contributed by atoms with E-state index in [1.165, 1.54) is 6.20 Å². The number of carbonyl (C=O) groups is 2. The molecule has 2 amide bonds. The molecule has 1 saturated heterocycles. The second-order valence-electron chi connectivity index (χ2n) is 6.66. The van der Waals surface area contributed by atoms with Gasteiger partial charge in [0.05, 0.1) is 11.6 Å². The fourth-order valence-electron chi connectivity index (χ4n) is 3.09. The van der Waals surface area contributed by atoms with Gasteiger partial charge < -0.3 is 10.6 Å². The SMILES string of the molecule is O=C(CN1CCC(C(=O)Nc2ccc(Cl)cn2)CC1)NCc1ccccc1. The predicted molar refractivity (Wildman–Crippen MR) is 105 cm³/mol.